The van der Waals surface area contributed by atoms with Gasteiger partial charge in [-0.05, 0) is 11.5 Å². The zero-order valence-electron chi connectivity index (χ0n) is 11.4. The zero-order chi connectivity index (χ0) is 13.7. The van der Waals surface area contributed by atoms with Gasteiger partial charge >= 0.3 is 20.2 Å². The van der Waals surface area contributed by atoms with E-state index in [9.17, 15) is 16.8 Å². The van der Waals surface area contributed by atoms with Crippen molar-refractivity contribution in [3.05, 3.63) is 36.4 Å². The van der Waals surface area contributed by atoms with Crippen LogP contribution in [0, 0.1) is 0 Å². The molecule has 1 heterocycles. The van der Waals surface area contributed by atoms with E-state index in [-0.39, 0.29) is 69.4 Å². The summed E-state index contributed by atoms with van der Waals surface area (Å²) < 4.78 is 56.8. The van der Waals surface area contributed by atoms with Crippen molar-refractivity contribution in [3.8, 4) is 0 Å². The van der Waals surface area contributed by atoms with E-state index < -0.39 is 31.9 Å². The van der Waals surface area contributed by atoms with Crippen LogP contribution in [0.1, 0.15) is 0 Å². The van der Waals surface area contributed by atoms with Gasteiger partial charge < -0.3 is 0 Å². The quantitative estimate of drug-likeness (QED) is 0.509. The number of hydrogen-bond acceptors (Lipinski definition) is 6. The molecule has 102 valence electrons. The minimum absolute atomic E-state index is 0. The van der Waals surface area contributed by atoms with Gasteiger partial charge in [-0.3, -0.25) is 0 Å². The summed E-state index contributed by atoms with van der Waals surface area (Å²) in [7, 11) is -8.33. The van der Waals surface area contributed by atoms with E-state index in [0.29, 0.717) is 5.39 Å². The summed E-state index contributed by atoms with van der Waals surface area (Å²) in [6.07, 6.45) is 0. The molecule has 2 aromatic carbocycles. The van der Waals surface area contributed by atoms with Gasteiger partial charge in [-0.15, -0.1) is 0 Å². The minimum Gasteiger partial charge on any atom is -0.236 e. The fourth-order valence-corrected chi connectivity index (χ4v) is 4.56. The average molecular weight is 346 g/mol. The van der Waals surface area contributed by atoms with E-state index >= 15 is 0 Å². The van der Waals surface area contributed by atoms with Gasteiger partial charge in [-0.2, -0.15) is 16.8 Å². The normalized spacial score (nSPS) is 18.7. The molecule has 6 nitrogen and oxygen atoms in total. The third-order valence-electron chi connectivity index (χ3n) is 2.77. The number of rotatable bonds is 0. The minimum atomic E-state index is -4.18. The summed E-state index contributed by atoms with van der Waals surface area (Å²) in [5.74, 6) is 0. The molecule has 1 aliphatic heterocycles. The molecule has 1 aliphatic rings. The van der Waals surface area contributed by atoms with Crippen molar-refractivity contribution in [2.75, 3.05) is 6.79 Å². The summed E-state index contributed by atoms with van der Waals surface area (Å²) in [6.45, 7) is -0.853. The maximum Gasteiger partial charge on any atom is 0.301 e. The molecule has 0 atom stereocenters. The number of benzene rings is 2. The Morgan fingerprint density at radius 3 is 2.14 bits per heavy atom. The molecule has 0 saturated heterocycles. The second kappa shape index (κ2) is 6.96. The van der Waals surface area contributed by atoms with Gasteiger partial charge in [0, 0.05) is 64.5 Å². The first-order valence-electron chi connectivity index (χ1n) is 5.22. The summed E-state index contributed by atoms with van der Waals surface area (Å²) in [5, 5.41) is 0.889. The molecule has 2 radical (unpaired) electrons. The zero-order valence-corrected chi connectivity index (χ0v) is 17.1. The van der Waals surface area contributed by atoms with E-state index in [1.165, 1.54) is 18.2 Å². The smallest absolute Gasteiger partial charge is 0.236 e. The van der Waals surface area contributed by atoms with E-state index in [1.807, 2.05) is 0 Å². The predicted octanol–water partition coefficient (Wildman–Crippen LogP) is 0.460. The van der Waals surface area contributed by atoms with E-state index in [2.05, 4.69) is 8.37 Å². The van der Waals surface area contributed by atoms with Crippen molar-refractivity contribution in [3.63, 3.8) is 0 Å². The molecule has 0 bridgehead atoms. The topological polar surface area (TPSA) is 86.7 Å². The van der Waals surface area contributed by atoms with Crippen molar-refractivity contribution in [2.24, 2.45) is 0 Å². The van der Waals surface area contributed by atoms with Gasteiger partial charge in [-0.1, -0.05) is 30.3 Å². The Labute approximate surface area is 166 Å². The van der Waals surface area contributed by atoms with E-state index in [1.54, 1.807) is 18.2 Å². The molecular weight excluding hydrogens is 338 g/mol. The molecule has 2 aromatic rings. The van der Waals surface area contributed by atoms with Crippen LogP contribution >= 0.6 is 0 Å². The molecule has 21 heavy (non-hydrogen) atoms. The van der Waals surface area contributed by atoms with Crippen LogP contribution in [0.5, 0.6) is 0 Å². The predicted molar refractivity (Wildman–Crippen MR) is 76.9 cm³/mol. The maximum atomic E-state index is 12.0. The Kier molecular flexibility index (Phi) is 6.48. The fraction of sp³-hybridized carbons (Fsp3) is 0.0909. The van der Waals surface area contributed by atoms with Crippen LogP contribution in [0.4, 0.5) is 0 Å². The Morgan fingerprint density at radius 1 is 0.810 bits per heavy atom. The Morgan fingerprint density at radius 2 is 1.43 bits per heavy atom. The molecule has 3 rings (SSSR count). The SMILES string of the molecule is O=S1(=O)OCOS(=O)(=O)c2c1ccc1ccccc21.[Na].[Na]. The van der Waals surface area contributed by atoms with Gasteiger partial charge in [0.05, 0.1) is 0 Å². The van der Waals surface area contributed by atoms with Gasteiger partial charge in [-0.25, -0.2) is 8.37 Å². The Hall–Kier alpha value is 0.520. The third-order valence-corrected chi connectivity index (χ3v) is 5.53. The van der Waals surface area contributed by atoms with Gasteiger partial charge in [0.25, 0.3) is 0 Å². The maximum absolute atomic E-state index is 12.0. The average Bonchev–Trinajstić information content (AvgIpc) is 2.45. The van der Waals surface area contributed by atoms with Crippen LogP contribution < -0.4 is 0 Å². The molecule has 10 heteroatoms. The fourth-order valence-electron chi connectivity index (χ4n) is 1.95. The first kappa shape index (κ1) is 19.6. The molecule has 0 unspecified atom stereocenters. The molecule has 0 N–H and O–H groups in total. The first-order chi connectivity index (χ1) is 8.92. The van der Waals surface area contributed by atoms with E-state index in [4.69, 9.17) is 0 Å². The van der Waals surface area contributed by atoms with Crippen LogP contribution in [0.2, 0.25) is 0 Å². The summed E-state index contributed by atoms with van der Waals surface area (Å²) in [5.41, 5.74) is 0. The summed E-state index contributed by atoms with van der Waals surface area (Å²) >= 11 is 0. The third kappa shape index (κ3) is 3.55. The molecule has 0 aromatic heterocycles. The summed E-state index contributed by atoms with van der Waals surface area (Å²) in [4.78, 5) is -0.771. The van der Waals surface area contributed by atoms with Crippen LogP contribution in [0.15, 0.2) is 46.2 Å². The Balaban J connectivity index is 0.00000110. The molecule has 0 aliphatic carbocycles. The van der Waals surface area contributed by atoms with Crippen LogP contribution in [0.25, 0.3) is 10.8 Å². The van der Waals surface area contributed by atoms with Gasteiger partial charge in [0.15, 0.2) is 6.79 Å². The number of hydrogen-bond donors (Lipinski definition) is 0. The van der Waals surface area contributed by atoms with Crippen molar-refractivity contribution in [2.45, 2.75) is 9.79 Å². The van der Waals surface area contributed by atoms with Crippen molar-refractivity contribution in [1.82, 2.24) is 0 Å². The van der Waals surface area contributed by atoms with Crippen LogP contribution in [-0.4, -0.2) is 82.7 Å². The molecule has 0 fully saturated rings. The second-order valence-corrected chi connectivity index (χ2v) is 7.01. The number of fused-ring (bicyclic) bond motifs is 3. The summed E-state index contributed by atoms with van der Waals surface area (Å²) in [6, 6.07) is 9.29. The van der Waals surface area contributed by atoms with E-state index in [0.717, 1.165) is 0 Å². The van der Waals surface area contributed by atoms with Crippen molar-refractivity contribution in [1.29, 1.82) is 0 Å². The van der Waals surface area contributed by atoms with Crippen LogP contribution in [0.3, 0.4) is 0 Å². The molecule has 0 saturated carbocycles. The first-order valence-corrected chi connectivity index (χ1v) is 8.04. The second-order valence-electron chi connectivity index (χ2n) is 3.88. The van der Waals surface area contributed by atoms with Crippen LogP contribution in [-0.2, 0) is 28.6 Å². The van der Waals surface area contributed by atoms with Gasteiger partial charge in [0.1, 0.15) is 9.79 Å². The monoisotopic (exact) mass is 346 g/mol. The molecular formula is C11H8Na2O6S2. The van der Waals surface area contributed by atoms with Crippen molar-refractivity contribution < 1.29 is 25.2 Å². The molecule has 0 spiro atoms. The van der Waals surface area contributed by atoms with Gasteiger partial charge in [0.2, 0.25) is 0 Å². The van der Waals surface area contributed by atoms with Crippen molar-refractivity contribution >= 4 is 90.1 Å². The Bertz CT molecular complexity index is 877. The largest absolute Gasteiger partial charge is 0.301 e. The molecule has 0 amide bonds. The standard InChI is InChI=1S/C11H8O6S2.2Na/c12-18(13)10-6-5-8-3-1-2-4-9(8)11(10)19(14,15)17-7-16-18;;/h1-6H,7H2;;.